The number of rotatable bonds is 8. The van der Waals surface area contributed by atoms with Crippen LogP contribution in [0.15, 0.2) is 36.7 Å². The minimum absolute atomic E-state index is 0.0567. The van der Waals surface area contributed by atoms with E-state index in [1.165, 1.54) is 12.4 Å². The average Bonchev–Trinajstić information content (AvgIpc) is 2.64. The number of aromatic nitrogens is 2. The predicted molar refractivity (Wildman–Crippen MR) is 85.8 cm³/mol. The molecule has 1 amide bonds. The molecule has 1 atom stereocenters. The van der Waals surface area contributed by atoms with Crippen molar-refractivity contribution in [1.82, 2.24) is 15.3 Å². The highest BCUT2D eigenvalue weighted by Gasteiger charge is 2.19. The third-order valence-electron chi connectivity index (χ3n) is 3.12. The van der Waals surface area contributed by atoms with Crippen LogP contribution in [0.25, 0.3) is 0 Å². The molecule has 0 saturated heterocycles. The molecule has 0 fully saturated rings. The smallest absolute Gasteiger partial charge is 0.356 e. The van der Waals surface area contributed by atoms with Crippen molar-refractivity contribution in [3.8, 4) is 11.5 Å². The monoisotopic (exact) mass is 347 g/mol. The lowest BCUT2D eigenvalue weighted by molar-refractivity contribution is 0.0681. The molecule has 132 valence electrons. The molecule has 2 aromatic rings. The second-order valence-corrected chi connectivity index (χ2v) is 4.91. The quantitative estimate of drug-likeness (QED) is 0.623. The lowest BCUT2D eigenvalue weighted by Crippen LogP contribution is -2.36. The molecular formula is C16H17N3O6. The van der Waals surface area contributed by atoms with Gasteiger partial charge in [0.25, 0.3) is 5.91 Å². The Morgan fingerprint density at radius 1 is 1.12 bits per heavy atom. The molecule has 0 unspecified atom stereocenters. The van der Waals surface area contributed by atoms with E-state index in [4.69, 9.17) is 14.6 Å². The Bertz CT molecular complexity index is 735. The second-order valence-electron chi connectivity index (χ2n) is 4.91. The molecule has 3 N–H and O–H groups in total. The fourth-order valence-electron chi connectivity index (χ4n) is 1.88. The van der Waals surface area contributed by atoms with Crippen molar-refractivity contribution in [3.05, 3.63) is 48.0 Å². The molecule has 9 heteroatoms. The molecule has 1 aromatic carbocycles. The number of benzene rings is 1. The van der Waals surface area contributed by atoms with Crippen molar-refractivity contribution in [1.29, 1.82) is 0 Å². The standard InChI is InChI=1S/C16H17N3O6/c1-24-11-2-4-12(5-3-11)25-9-10(20)8-19-15(21)13-14(16(22)23)18-7-6-17-13/h2-7,10,20H,8-9H2,1H3,(H,19,21)(H,22,23)/t10-/m1/s1. The Morgan fingerprint density at radius 3 is 2.32 bits per heavy atom. The number of amides is 1. The number of nitrogens with zero attached hydrogens (tertiary/aromatic N) is 2. The van der Waals surface area contributed by atoms with Gasteiger partial charge in [0.15, 0.2) is 11.4 Å². The summed E-state index contributed by atoms with van der Waals surface area (Å²) in [5.74, 6) is -0.887. The molecule has 0 aliphatic rings. The first-order valence-electron chi connectivity index (χ1n) is 7.28. The van der Waals surface area contributed by atoms with Crippen LogP contribution in [0.4, 0.5) is 0 Å². The van der Waals surface area contributed by atoms with Crippen LogP contribution in [0.1, 0.15) is 21.0 Å². The number of ether oxygens (including phenoxy) is 2. The van der Waals surface area contributed by atoms with Gasteiger partial charge in [-0.3, -0.25) is 4.79 Å². The summed E-state index contributed by atoms with van der Waals surface area (Å²) in [6.07, 6.45) is 1.40. The Kier molecular flexibility index (Phi) is 6.24. The molecule has 0 bridgehead atoms. The number of nitrogens with one attached hydrogen (secondary N) is 1. The van der Waals surface area contributed by atoms with Crippen molar-refractivity contribution in [2.75, 3.05) is 20.3 Å². The maximum atomic E-state index is 12.0. The molecule has 25 heavy (non-hydrogen) atoms. The van der Waals surface area contributed by atoms with Gasteiger partial charge >= 0.3 is 5.97 Å². The van der Waals surface area contributed by atoms with Crippen molar-refractivity contribution < 1.29 is 29.3 Å². The summed E-state index contributed by atoms with van der Waals surface area (Å²) in [6, 6.07) is 6.79. The van der Waals surface area contributed by atoms with E-state index < -0.39 is 23.7 Å². The van der Waals surface area contributed by atoms with Gasteiger partial charge in [-0.1, -0.05) is 0 Å². The first-order chi connectivity index (χ1) is 12.0. The molecule has 9 nitrogen and oxygen atoms in total. The van der Waals surface area contributed by atoms with Gasteiger partial charge in [0.1, 0.15) is 24.2 Å². The number of carboxylic acid groups (broad SMARTS) is 1. The fraction of sp³-hybridized carbons (Fsp3) is 0.250. The van der Waals surface area contributed by atoms with Crippen LogP contribution in [0.5, 0.6) is 11.5 Å². The first-order valence-corrected chi connectivity index (χ1v) is 7.28. The Labute approximate surface area is 143 Å². The molecule has 1 heterocycles. The van der Waals surface area contributed by atoms with Crippen LogP contribution < -0.4 is 14.8 Å². The third kappa shape index (κ3) is 5.15. The zero-order chi connectivity index (χ0) is 18.2. The highest BCUT2D eigenvalue weighted by atomic mass is 16.5. The van der Waals surface area contributed by atoms with Gasteiger partial charge in [-0.25, -0.2) is 14.8 Å². The molecule has 1 aromatic heterocycles. The average molecular weight is 347 g/mol. The van der Waals surface area contributed by atoms with E-state index in [0.29, 0.717) is 11.5 Å². The van der Waals surface area contributed by atoms with E-state index in [-0.39, 0.29) is 18.8 Å². The molecule has 2 rings (SSSR count). The second kappa shape index (κ2) is 8.60. The van der Waals surface area contributed by atoms with Crippen LogP contribution in [0, 0.1) is 0 Å². The zero-order valence-corrected chi connectivity index (χ0v) is 13.4. The van der Waals surface area contributed by atoms with Gasteiger partial charge in [-0.05, 0) is 24.3 Å². The molecular weight excluding hydrogens is 330 g/mol. The first kappa shape index (κ1) is 18.1. The summed E-state index contributed by atoms with van der Waals surface area (Å²) in [5, 5.41) is 21.2. The third-order valence-corrected chi connectivity index (χ3v) is 3.12. The zero-order valence-electron chi connectivity index (χ0n) is 13.4. The van der Waals surface area contributed by atoms with Crippen LogP contribution in [-0.4, -0.2) is 58.4 Å². The summed E-state index contributed by atoms with van der Waals surface area (Å²) in [6.45, 7) is -0.191. The largest absolute Gasteiger partial charge is 0.497 e. The van der Waals surface area contributed by atoms with E-state index >= 15 is 0 Å². The molecule has 0 aliphatic carbocycles. The van der Waals surface area contributed by atoms with E-state index in [1.54, 1.807) is 31.4 Å². The highest BCUT2D eigenvalue weighted by molar-refractivity contribution is 6.01. The van der Waals surface area contributed by atoms with E-state index in [2.05, 4.69) is 15.3 Å². The molecule has 0 saturated carbocycles. The van der Waals surface area contributed by atoms with Crippen LogP contribution in [0.3, 0.4) is 0 Å². The molecule has 0 aliphatic heterocycles. The van der Waals surface area contributed by atoms with E-state index in [0.717, 1.165) is 0 Å². The van der Waals surface area contributed by atoms with Gasteiger partial charge < -0.3 is 25.0 Å². The van der Waals surface area contributed by atoms with Crippen LogP contribution in [-0.2, 0) is 0 Å². The topological polar surface area (TPSA) is 131 Å². The predicted octanol–water partition coefficient (Wildman–Crippen LogP) is 0.353. The number of carbonyl (C=O) groups is 2. The van der Waals surface area contributed by atoms with Gasteiger partial charge in [0.05, 0.1) is 7.11 Å². The van der Waals surface area contributed by atoms with Crippen molar-refractivity contribution in [3.63, 3.8) is 0 Å². The number of hydrogen-bond acceptors (Lipinski definition) is 7. The van der Waals surface area contributed by atoms with E-state index in [9.17, 15) is 14.7 Å². The Balaban J connectivity index is 1.84. The molecule has 0 radical (unpaired) electrons. The summed E-state index contributed by atoms with van der Waals surface area (Å²) >= 11 is 0. The van der Waals surface area contributed by atoms with Gasteiger partial charge in [-0.2, -0.15) is 0 Å². The van der Waals surface area contributed by atoms with Crippen molar-refractivity contribution >= 4 is 11.9 Å². The van der Waals surface area contributed by atoms with E-state index in [1.807, 2.05) is 0 Å². The highest BCUT2D eigenvalue weighted by Crippen LogP contribution is 2.17. The Hall–Kier alpha value is -3.20. The summed E-state index contributed by atoms with van der Waals surface area (Å²) in [4.78, 5) is 30.3. The maximum absolute atomic E-state index is 12.0. The number of aliphatic hydroxyl groups is 1. The number of aromatic carboxylic acids is 1. The number of hydrogen-bond donors (Lipinski definition) is 3. The normalized spacial score (nSPS) is 11.4. The summed E-state index contributed by atoms with van der Waals surface area (Å²) in [5.41, 5.74) is -0.776. The minimum atomic E-state index is -1.36. The summed E-state index contributed by atoms with van der Waals surface area (Å²) in [7, 11) is 1.55. The van der Waals surface area contributed by atoms with Gasteiger partial charge in [0.2, 0.25) is 0 Å². The van der Waals surface area contributed by atoms with Crippen molar-refractivity contribution in [2.45, 2.75) is 6.10 Å². The lowest BCUT2D eigenvalue weighted by atomic mass is 10.2. The lowest BCUT2D eigenvalue weighted by Gasteiger charge is -2.13. The van der Waals surface area contributed by atoms with Crippen LogP contribution in [0.2, 0.25) is 0 Å². The maximum Gasteiger partial charge on any atom is 0.356 e. The SMILES string of the molecule is COc1ccc(OC[C@H](O)CNC(=O)c2nccnc2C(=O)O)cc1. The molecule has 0 spiro atoms. The fourth-order valence-corrected chi connectivity index (χ4v) is 1.88. The van der Waals surface area contributed by atoms with Crippen molar-refractivity contribution in [2.24, 2.45) is 0 Å². The van der Waals surface area contributed by atoms with Gasteiger partial charge in [-0.15, -0.1) is 0 Å². The minimum Gasteiger partial charge on any atom is -0.497 e. The number of aliphatic hydroxyl groups excluding tert-OH is 1. The number of carboxylic acids is 1. The summed E-state index contributed by atoms with van der Waals surface area (Å²) < 4.78 is 10.4. The number of methoxy groups -OCH3 is 1. The number of carbonyl (C=O) groups excluding carboxylic acids is 1. The Morgan fingerprint density at radius 2 is 1.72 bits per heavy atom. The van der Waals surface area contributed by atoms with Gasteiger partial charge in [0, 0.05) is 18.9 Å². The van der Waals surface area contributed by atoms with Crippen LogP contribution >= 0.6 is 0 Å².